The van der Waals surface area contributed by atoms with E-state index >= 15 is 0 Å². The Morgan fingerprint density at radius 2 is 2.50 bits per heavy atom. The van der Waals surface area contributed by atoms with Gasteiger partial charge in [-0.3, -0.25) is 4.99 Å². The van der Waals surface area contributed by atoms with Crippen LogP contribution in [0.4, 0.5) is 5.82 Å². The first-order valence-electron chi connectivity index (χ1n) is 4.13. The van der Waals surface area contributed by atoms with Gasteiger partial charge in [0.2, 0.25) is 0 Å². The second-order valence-corrected chi connectivity index (χ2v) is 2.76. The molecule has 0 amide bonds. The van der Waals surface area contributed by atoms with E-state index in [4.69, 9.17) is 0 Å². The predicted octanol–water partition coefficient (Wildman–Crippen LogP) is 1.60. The topological polar surface area (TPSA) is 37.3 Å². The molecule has 0 saturated carbocycles. The van der Waals surface area contributed by atoms with Crippen molar-refractivity contribution in [1.82, 2.24) is 4.98 Å². The lowest BCUT2D eigenvalue weighted by Crippen LogP contribution is -2.09. The second kappa shape index (κ2) is 2.93. The van der Waals surface area contributed by atoms with E-state index in [9.17, 15) is 0 Å². The summed E-state index contributed by atoms with van der Waals surface area (Å²) in [6.45, 7) is 2.91. The summed E-state index contributed by atoms with van der Waals surface area (Å²) in [5, 5.41) is 3.03. The van der Waals surface area contributed by atoms with Crippen LogP contribution in [-0.2, 0) is 13.0 Å². The zero-order valence-electron chi connectivity index (χ0n) is 7.04. The Balaban J connectivity index is 2.48. The quantitative estimate of drug-likeness (QED) is 0.679. The van der Waals surface area contributed by atoms with E-state index in [1.807, 2.05) is 6.20 Å². The first-order chi connectivity index (χ1) is 5.92. The van der Waals surface area contributed by atoms with Crippen LogP contribution in [0, 0.1) is 0 Å². The van der Waals surface area contributed by atoms with E-state index in [0.717, 1.165) is 18.8 Å². The Morgan fingerprint density at radius 1 is 1.58 bits per heavy atom. The maximum absolute atomic E-state index is 4.23. The Morgan fingerprint density at radius 3 is 3.33 bits per heavy atom. The van der Waals surface area contributed by atoms with E-state index < -0.39 is 0 Å². The maximum Gasteiger partial charge on any atom is 0.136 e. The number of hydrogen-bond acceptors (Lipinski definition) is 3. The number of aromatic nitrogens is 1. The molecule has 12 heavy (non-hydrogen) atoms. The van der Waals surface area contributed by atoms with Gasteiger partial charge in [0.1, 0.15) is 5.82 Å². The molecule has 0 unspecified atom stereocenters. The van der Waals surface area contributed by atoms with Crippen LogP contribution in [0.2, 0.25) is 0 Å². The molecule has 0 aliphatic carbocycles. The van der Waals surface area contributed by atoms with Gasteiger partial charge in [-0.05, 0) is 18.1 Å². The van der Waals surface area contributed by atoms with Crippen LogP contribution in [0.15, 0.2) is 17.3 Å². The van der Waals surface area contributed by atoms with Gasteiger partial charge in [-0.2, -0.15) is 0 Å². The minimum absolute atomic E-state index is 0.763. The van der Waals surface area contributed by atoms with Gasteiger partial charge in [-0.15, -0.1) is 0 Å². The van der Waals surface area contributed by atoms with Gasteiger partial charge in [0, 0.05) is 11.8 Å². The first-order valence-corrected chi connectivity index (χ1v) is 4.13. The van der Waals surface area contributed by atoms with Crippen molar-refractivity contribution in [2.24, 2.45) is 4.99 Å². The number of nitrogens with zero attached hydrogens (tertiary/aromatic N) is 2. The fourth-order valence-corrected chi connectivity index (χ4v) is 1.41. The monoisotopic (exact) mass is 161 g/mol. The van der Waals surface area contributed by atoms with Crippen LogP contribution in [-0.4, -0.2) is 11.3 Å². The number of hydrogen-bond donors (Lipinski definition) is 1. The zero-order valence-corrected chi connectivity index (χ0v) is 7.04. The molecule has 3 nitrogen and oxygen atoms in total. The molecule has 0 aromatic carbocycles. The van der Waals surface area contributed by atoms with Crippen molar-refractivity contribution in [3.63, 3.8) is 0 Å². The Bertz CT molecular complexity index is 318. The molecule has 2 rings (SSSR count). The van der Waals surface area contributed by atoms with Crippen LogP contribution in [0.5, 0.6) is 0 Å². The molecule has 0 spiro atoms. The summed E-state index contributed by atoms with van der Waals surface area (Å²) >= 11 is 0. The largest absolute Gasteiger partial charge is 0.331 e. The number of pyridine rings is 1. The smallest absolute Gasteiger partial charge is 0.136 e. The minimum atomic E-state index is 0.763. The third-order valence-electron chi connectivity index (χ3n) is 2.08. The first kappa shape index (κ1) is 7.28. The highest BCUT2D eigenvalue weighted by atomic mass is 15.0. The summed E-state index contributed by atoms with van der Waals surface area (Å²) in [5.74, 6) is 0.962. The molecule has 0 radical (unpaired) electrons. The van der Waals surface area contributed by atoms with E-state index in [-0.39, 0.29) is 0 Å². The molecule has 3 heteroatoms. The summed E-state index contributed by atoms with van der Waals surface area (Å²) in [5.41, 5.74) is 2.58. The predicted molar refractivity (Wildman–Crippen MR) is 49.4 cm³/mol. The van der Waals surface area contributed by atoms with Crippen LogP contribution < -0.4 is 5.32 Å². The number of rotatable bonds is 1. The van der Waals surface area contributed by atoms with Crippen molar-refractivity contribution in [3.05, 3.63) is 23.4 Å². The maximum atomic E-state index is 4.23. The number of anilines is 1. The van der Waals surface area contributed by atoms with E-state index in [1.54, 1.807) is 6.34 Å². The highest BCUT2D eigenvalue weighted by Crippen LogP contribution is 2.20. The van der Waals surface area contributed by atoms with Crippen molar-refractivity contribution in [1.29, 1.82) is 0 Å². The van der Waals surface area contributed by atoms with Crippen molar-refractivity contribution in [2.45, 2.75) is 19.9 Å². The summed E-state index contributed by atoms with van der Waals surface area (Å²) in [6, 6.07) is 2.06. The summed E-state index contributed by atoms with van der Waals surface area (Å²) in [6.07, 6.45) is 4.58. The zero-order chi connectivity index (χ0) is 8.39. The van der Waals surface area contributed by atoms with Gasteiger partial charge in [0.05, 0.1) is 12.9 Å². The Hall–Kier alpha value is -1.38. The molecule has 62 valence electrons. The van der Waals surface area contributed by atoms with Crippen molar-refractivity contribution < 1.29 is 0 Å². The lowest BCUT2D eigenvalue weighted by atomic mass is 10.1. The number of aryl methyl sites for hydroxylation is 1. The number of aliphatic imine (C=N–C) groups is 1. The van der Waals surface area contributed by atoms with Crippen LogP contribution >= 0.6 is 0 Å². The highest BCUT2D eigenvalue weighted by molar-refractivity contribution is 5.77. The van der Waals surface area contributed by atoms with Gasteiger partial charge >= 0.3 is 0 Å². The number of nitrogens with one attached hydrogen (secondary N) is 1. The summed E-state index contributed by atoms with van der Waals surface area (Å²) in [4.78, 5) is 8.38. The van der Waals surface area contributed by atoms with E-state index in [0.29, 0.717) is 0 Å². The van der Waals surface area contributed by atoms with Crippen LogP contribution in [0.3, 0.4) is 0 Å². The Kier molecular flexibility index (Phi) is 1.78. The molecule has 1 aliphatic rings. The molecule has 1 aromatic heterocycles. The van der Waals surface area contributed by atoms with Crippen molar-refractivity contribution in [2.75, 3.05) is 5.32 Å². The molecule has 2 heterocycles. The van der Waals surface area contributed by atoms with Gasteiger partial charge < -0.3 is 5.32 Å². The number of fused-ring (bicyclic) bond motifs is 1. The third-order valence-corrected chi connectivity index (χ3v) is 2.08. The highest BCUT2D eigenvalue weighted by Gasteiger charge is 2.09. The normalized spacial score (nSPS) is 13.8. The lowest BCUT2D eigenvalue weighted by Gasteiger charge is -2.13. The summed E-state index contributed by atoms with van der Waals surface area (Å²) < 4.78 is 0. The fourth-order valence-electron chi connectivity index (χ4n) is 1.41. The van der Waals surface area contributed by atoms with E-state index in [1.165, 1.54) is 11.1 Å². The van der Waals surface area contributed by atoms with Gasteiger partial charge in [-0.25, -0.2) is 4.98 Å². The average molecular weight is 161 g/mol. The van der Waals surface area contributed by atoms with Crippen LogP contribution in [0.25, 0.3) is 0 Å². The Labute approximate surface area is 71.6 Å². The van der Waals surface area contributed by atoms with Gasteiger partial charge in [-0.1, -0.05) is 6.92 Å². The molecule has 1 aliphatic heterocycles. The molecular formula is C9H11N3. The minimum Gasteiger partial charge on any atom is -0.331 e. The van der Waals surface area contributed by atoms with Gasteiger partial charge in [0.25, 0.3) is 0 Å². The summed E-state index contributed by atoms with van der Waals surface area (Å²) in [7, 11) is 0. The molecule has 0 atom stereocenters. The van der Waals surface area contributed by atoms with E-state index in [2.05, 4.69) is 28.3 Å². The third kappa shape index (κ3) is 1.07. The van der Waals surface area contributed by atoms with Crippen molar-refractivity contribution >= 4 is 12.2 Å². The van der Waals surface area contributed by atoms with Crippen LogP contribution in [0.1, 0.15) is 18.1 Å². The fraction of sp³-hybridized carbons (Fsp3) is 0.333. The molecule has 0 bridgehead atoms. The molecule has 1 N–H and O–H groups in total. The SMILES string of the molecule is CCc1ccnc2c1CN=CN2. The molecule has 1 aromatic rings. The second-order valence-electron chi connectivity index (χ2n) is 2.76. The van der Waals surface area contributed by atoms with Gasteiger partial charge in [0.15, 0.2) is 0 Å². The average Bonchev–Trinajstić information content (AvgIpc) is 2.17. The molecule has 0 saturated heterocycles. The molecule has 0 fully saturated rings. The molecular weight excluding hydrogens is 150 g/mol. The standard InChI is InChI=1S/C9H11N3/c1-2-7-3-4-11-9-8(7)5-10-6-12-9/h3-4,6H,2,5H2,1H3,(H,10,11,12). The van der Waals surface area contributed by atoms with Crippen molar-refractivity contribution in [3.8, 4) is 0 Å². The lowest BCUT2D eigenvalue weighted by molar-refractivity contribution is 0.976.